The lowest BCUT2D eigenvalue weighted by molar-refractivity contribution is -0.295. The number of carbonyl (C=O) groups excluding carboxylic acids is 1. The van der Waals surface area contributed by atoms with Crippen LogP contribution in [0.4, 0.5) is 0 Å². The molecule has 0 aromatic rings. The standard InChI is InChI=1S/C27H46O6/c1-8-26(6,33-24-22(30)23(32-18(3)28)20(29)16-31-24)15-12-19-17(2)10-11-21-25(4,5)13-9-14-27(19,21)7/h8,17,19-24,29-30H,1,9-16H2,2-7H3/t17-,19+,20+,21+,22+,23-,24-,26+,27-/m0/s1. The molecule has 3 rings (SSSR count). The van der Waals surface area contributed by atoms with Gasteiger partial charge in [-0.05, 0) is 67.6 Å². The molecule has 1 heterocycles. The normalized spacial score (nSPS) is 42.6. The Bertz CT molecular complexity index is 707. The summed E-state index contributed by atoms with van der Waals surface area (Å²) >= 11 is 0. The molecule has 3 aliphatic rings. The molecule has 33 heavy (non-hydrogen) atoms. The molecule has 190 valence electrons. The van der Waals surface area contributed by atoms with Gasteiger partial charge in [-0.2, -0.15) is 0 Å². The fourth-order valence-electron chi connectivity index (χ4n) is 7.35. The van der Waals surface area contributed by atoms with E-state index in [0.29, 0.717) is 22.7 Å². The third-order valence-electron chi connectivity index (χ3n) is 9.22. The molecule has 0 radical (unpaired) electrons. The van der Waals surface area contributed by atoms with Gasteiger partial charge in [-0.15, -0.1) is 6.58 Å². The number of hydrogen-bond acceptors (Lipinski definition) is 6. The van der Waals surface area contributed by atoms with Crippen LogP contribution in [0, 0.1) is 28.6 Å². The van der Waals surface area contributed by atoms with Crippen LogP contribution in [0.2, 0.25) is 0 Å². The highest BCUT2D eigenvalue weighted by molar-refractivity contribution is 5.66. The van der Waals surface area contributed by atoms with Crippen molar-refractivity contribution in [2.45, 2.75) is 117 Å². The zero-order valence-electron chi connectivity index (χ0n) is 21.5. The van der Waals surface area contributed by atoms with E-state index in [1.54, 1.807) is 6.08 Å². The Kier molecular flexibility index (Phi) is 8.05. The van der Waals surface area contributed by atoms with Gasteiger partial charge < -0.3 is 24.4 Å². The van der Waals surface area contributed by atoms with Crippen LogP contribution in [0.3, 0.4) is 0 Å². The molecule has 6 heteroatoms. The van der Waals surface area contributed by atoms with Gasteiger partial charge in [0.1, 0.15) is 12.2 Å². The highest BCUT2D eigenvalue weighted by Gasteiger charge is 2.54. The van der Waals surface area contributed by atoms with E-state index >= 15 is 0 Å². The maximum Gasteiger partial charge on any atom is 0.303 e. The van der Waals surface area contributed by atoms with Crippen molar-refractivity contribution in [3.63, 3.8) is 0 Å². The van der Waals surface area contributed by atoms with Crippen molar-refractivity contribution in [1.82, 2.24) is 0 Å². The van der Waals surface area contributed by atoms with Crippen LogP contribution in [0.1, 0.15) is 86.5 Å². The Labute approximate surface area is 200 Å². The van der Waals surface area contributed by atoms with Crippen LogP contribution in [-0.4, -0.2) is 53.0 Å². The van der Waals surface area contributed by atoms with Crippen molar-refractivity contribution in [2.24, 2.45) is 28.6 Å². The van der Waals surface area contributed by atoms with Crippen LogP contribution >= 0.6 is 0 Å². The Morgan fingerprint density at radius 3 is 2.58 bits per heavy atom. The monoisotopic (exact) mass is 466 g/mol. The third-order valence-corrected chi connectivity index (χ3v) is 9.22. The van der Waals surface area contributed by atoms with E-state index in [0.717, 1.165) is 18.8 Å². The van der Waals surface area contributed by atoms with Crippen molar-refractivity contribution in [3.05, 3.63) is 12.7 Å². The van der Waals surface area contributed by atoms with Crippen LogP contribution < -0.4 is 0 Å². The number of rotatable bonds is 7. The highest BCUT2D eigenvalue weighted by atomic mass is 16.7. The largest absolute Gasteiger partial charge is 0.457 e. The van der Waals surface area contributed by atoms with Crippen molar-refractivity contribution < 1.29 is 29.2 Å². The molecule has 0 unspecified atom stereocenters. The minimum absolute atomic E-state index is 0.0681. The van der Waals surface area contributed by atoms with Crippen molar-refractivity contribution in [1.29, 1.82) is 0 Å². The molecule has 0 spiro atoms. The summed E-state index contributed by atoms with van der Waals surface area (Å²) in [5.74, 6) is 1.45. The molecule has 2 N–H and O–H groups in total. The molecule has 1 aliphatic heterocycles. The molecular weight excluding hydrogens is 420 g/mol. The van der Waals surface area contributed by atoms with Gasteiger partial charge in [0.15, 0.2) is 12.4 Å². The van der Waals surface area contributed by atoms with Gasteiger partial charge in [0.25, 0.3) is 0 Å². The topological polar surface area (TPSA) is 85.2 Å². The van der Waals surface area contributed by atoms with E-state index < -0.39 is 36.2 Å². The smallest absolute Gasteiger partial charge is 0.303 e. The molecule has 3 fully saturated rings. The summed E-state index contributed by atoms with van der Waals surface area (Å²) in [6.07, 6.45) is 5.62. The minimum atomic E-state index is -1.27. The average Bonchev–Trinajstić information content (AvgIpc) is 2.72. The lowest BCUT2D eigenvalue weighted by atomic mass is 9.46. The minimum Gasteiger partial charge on any atom is -0.457 e. The summed E-state index contributed by atoms with van der Waals surface area (Å²) in [5, 5.41) is 20.8. The summed E-state index contributed by atoms with van der Waals surface area (Å²) in [7, 11) is 0. The first kappa shape index (κ1) is 26.7. The third kappa shape index (κ3) is 5.50. The van der Waals surface area contributed by atoms with Crippen LogP contribution in [-0.2, 0) is 19.0 Å². The number of carbonyl (C=O) groups is 1. The molecule has 0 aromatic carbocycles. The van der Waals surface area contributed by atoms with Crippen LogP contribution in [0.25, 0.3) is 0 Å². The summed E-state index contributed by atoms with van der Waals surface area (Å²) < 4.78 is 17.0. The summed E-state index contributed by atoms with van der Waals surface area (Å²) in [4.78, 5) is 11.4. The second-order valence-electron chi connectivity index (χ2n) is 12.1. The average molecular weight is 467 g/mol. The number of hydrogen-bond donors (Lipinski definition) is 2. The SMILES string of the molecule is C=C[C@](C)(CC[C@@H]1[C@@H](C)CC[C@@H]2C(C)(C)CCC[C@@]12C)O[C@@H]1OC[C@@H](O)[C@H](OC(C)=O)[C@H]1O. The van der Waals surface area contributed by atoms with Crippen molar-refractivity contribution >= 4 is 5.97 Å². The van der Waals surface area contributed by atoms with Gasteiger partial charge in [-0.1, -0.05) is 46.6 Å². The van der Waals surface area contributed by atoms with E-state index in [2.05, 4.69) is 34.3 Å². The van der Waals surface area contributed by atoms with E-state index in [1.165, 1.54) is 39.0 Å². The van der Waals surface area contributed by atoms with Gasteiger partial charge in [-0.25, -0.2) is 0 Å². The first-order chi connectivity index (χ1) is 15.3. The maximum absolute atomic E-state index is 11.4. The quantitative estimate of drug-likeness (QED) is 0.421. The zero-order valence-corrected chi connectivity index (χ0v) is 21.5. The lowest BCUT2D eigenvalue weighted by Crippen LogP contribution is -2.57. The number of esters is 1. The Balaban J connectivity index is 1.70. The number of aliphatic hydroxyl groups excluding tert-OH is 2. The summed E-state index contributed by atoms with van der Waals surface area (Å²) in [6, 6.07) is 0. The molecular formula is C27H46O6. The summed E-state index contributed by atoms with van der Waals surface area (Å²) in [5.41, 5.74) is 0.00500. The highest BCUT2D eigenvalue weighted by Crippen LogP contribution is 2.62. The molecule has 1 saturated heterocycles. The van der Waals surface area contributed by atoms with E-state index in [-0.39, 0.29) is 6.61 Å². The molecule has 9 atom stereocenters. The van der Waals surface area contributed by atoms with Gasteiger partial charge >= 0.3 is 5.97 Å². The predicted octanol–water partition coefficient (Wildman–Crippen LogP) is 4.62. The fraction of sp³-hybridized carbons (Fsp3) is 0.889. The second kappa shape index (κ2) is 9.96. The van der Waals surface area contributed by atoms with Gasteiger partial charge in [-0.3, -0.25) is 4.79 Å². The molecule has 0 amide bonds. The second-order valence-corrected chi connectivity index (χ2v) is 12.1. The van der Waals surface area contributed by atoms with E-state index in [9.17, 15) is 15.0 Å². The van der Waals surface area contributed by atoms with Crippen LogP contribution in [0.15, 0.2) is 12.7 Å². The van der Waals surface area contributed by atoms with Crippen molar-refractivity contribution in [2.75, 3.05) is 6.61 Å². The van der Waals surface area contributed by atoms with Gasteiger partial charge in [0, 0.05) is 6.92 Å². The Hall–Kier alpha value is -0.950. The number of fused-ring (bicyclic) bond motifs is 1. The lowest BCUT2D eigenvalue weighted by Gasteiger charge is -2.59. The Morgan fingerprint density at radius 2 is 1.94 bits per heavy atom. The maximum atomic E-state index is 11.4. The molecule has 2 aliphatic carbocycles. The molecule has 0 aromatic heterocycles. The molecule has 0 bridgehead atoms. The summed E-state index contributed by atoms with van der Waals surface area (Å²) in [6.45, 7) is 17.0. The van der Waals surface area contributed by atoms with Crippen LogP contribution in [0.5, 0.6) is 0 Å². The first-order valence-corrected chi connectivity index (χ1v) is 12.8. The molecule has 2 saturated carbocycles. The first-order valence-electron chi connectivity index (χ1n) is 12.8. The van der Waals surface area contributed by atoms with Crippen molar-refractivity contribution in [3.8, 4) is 0 Å². The Morgan fingerprint density at radius 1 is 1.24 bits per heavy atom. The molecule has 6 nitrogen and oxygen atoms in total. The fourth-order valence-corrected chi connectivity index (χ4v) is 7.35. The van der Waals surface area contributed by atoms with E-state index in [4.69, 9.17) is 14.2 Å². The predicted molar refractivity (Wildman–Crippen MR) is 127 cm³/mol. The number of ether oxygens (including phenoxy) is 3. The van der Waals surface area contributed by atoms with Gasteiger partial charge in [0.2, 0.25) is 0 Å². The van der Waals surface area contributed by atoms with E-state index in [1.807, 2.05) is 6.92 Å². The zero-order chi connectivity index (χ0) is 24.6. The number of aliphatic hydroxyl groups is 2. The van der Waals surface area contributed by atoms with Gasteiger partial charge in [0.05, 0.1) is 12.2 Å².